The van der Waals surface area contributed by atoms with Crippen molar-refractivity contribution in [1.82, 2.24) is 19.6 Å². The zero-order valence-corrected chi connectivity index (χ0v) is 16.3. The molecular weight excluding hydrogens is 324 g/mol. The average Bonchev–Trinajstić information content (AvgIpc) is 2.93. The van der Waals surface area contributed by atoms with Crippen LogP contribution in [0, 0.1) is 6.92 Å². The molecule has 0 amide bonds. The van der Waals surface area contributed by atoms with Gasteiger partial charge in [0.15, 0.2) is 0 Å². The molecule has 2 heterocycles. The van der Waals surface area contributed by atoms with Crippen LogP contribution in [0.5, 0.6) is 0 Å². The third kappa shape index (κ3) is 3.65. The molecule has 1 N–H and O–H groups in total. The first-order chi connectivity index (χ1) is 12.5. The van der Waals surface area contributed by atoms with Crippen LogP contribution in [0.1, 0.15) is 18.2 Å². The smallest absolute Gasteiger partial charge is 0.133 e. The van der Waals surface area contributed by atoms with Crippen molar-refractivity contribution in [2.45, 2.75) is 19.9 Å². The maximum absolute atomic E-state index is 4.81. The Balaban J connectivity index is 1.77. The molecule has 1 aliphatic heterocycles. The van der Waals surface area contributed by atoms with E-state index in [1.54, 1.807) is 0 Å². The van der Waals surface area contributed by atoms with Gasteiger partial charge in [0.2, 0.25) is 0 Å². The lowest BCUT2D eigenvalue weighted by atomic mass is 10.1. The second kappa shape index (κ2) is 7.74. The molecule has 1 fully saturated rings. The minimum Gasteiger partial charge on any atom is -0.373 e. The van der Waals surface area contributed by atoms with Crippen molar-refractivity contribution in [3.05, 3.63) is 47.8 Å². The molecule has 2 aromatic rings. The van der Waals surface area contributed by atoms with Crippen LogP contribution < -0.4 is 5.32 Å². The third-order valence-electron chi connectivity index (χ3n) is 4.85. The van der Waals surface area contributed by atoms with Crippen molar-refractivity contribution in [3.8, 4) is 5.69 Å². The SMILES string of the molecule is CNc1c(C)c(/C(C)=C/N=C/N2CC(N(C)C)C2)nn1-c1ccccc1. The van der Waals surface area contributed by atoms with E-state index >= 15 is 0 Å². The van der Waals surface area contributed by atoms with E-state index in [2.05, 4.69) is 60.2 Å². The molecule has 1 saturated heterocycles. The van der Waals surface area contributed by atoms with Gasteiger partial charge >= 0.3 is 0 Å². The molecule has 1 aromatic carbocycles. The van der Waals surface area contributed by atoms with Crippen molar-refractivity contribution >= 4 is 17.7 Å². The summed E-state index contributed by atoms with van der Waals surface area (Å²) in [6, 6.07) is 10.8. The van der Waals surface area contributed by atoms with Crippen LogP contribution in [0.4, 0.5) is 5.82 Å². The van der Waals surface area contributed by atoms with Crippen LogP contribution in [-0.2, 0) is 0 Å². The van der Waals surface area contributed by atoms with Crippen LogP contribution in [0.2, 0.25) is 0 Å². The molecule has 26 heavy (non-hydrogen) atoms. The van der Waals surface area contributed by atoms with Crippen molar-refractivity contribution in [2.24, 2.45) is 4.99 Å². The lowest BCUT2D eigenvalue weighted by Gasteiger charge is -2.41. The minimum atomic E-state index is 0.633. The normalized spacial score (nSPS) is 15.8. The van der Waals surface area contributed by atoms with Gasteiger partial charge in [-0.3, -0.25) is 0 Å². The zero-order chi connectivity index (χ0) is 18.7. The molecule has 6 nitrogen and oxygen atoms in total. The number of aliphatic imine (C=N–C) groups is 1. The standard InChI is InChI=1S/C20H28N6/c1-15(11-22-14-25-12-18(13-25)24(4)5)19-16(2)20(21-3)26(23-19)17-9-7-6-8-10-17/h6-11,14,18,21H,12-13H2,1-5H3/b15-11+,22-14+. The molecule has 1 aliphatic rings. The molecular formula is C20H28N6. The Morgan fingerprint density at radius 2 is 1.96 bits per heavy atom. The quantitative estimate of drug-likeness (QED) is 0.641. The van der Waals surface area contributed by atoms with Crippen LogP contribution in [0.15, 0.2) is 41.5 Å². The molecule has 138 valence electrons. The number of nitrogens with zero attached hydrogens (tertiary/aromatic N) is 5. The van der Waals surface area contributed by atoms with Gasteiger partial charge < -0.3 is 15.1 Å². The number of allylic oxidation sites excluding steroid dienone is 1. The Morgan fingerprint density at radius 1 is 1.27 bits per heavy atom. The lowest BCUT2D eigenvalue weighted by molar-refractivity contribution is 0.128. The Kier molecular flexibility index (Phi) is 5.42. The summed E-state index contributed by atoms with van der Waals surface area (Å²) < 4.78 is 1.95. The van der Waals surface area contributed by atoms with Crippen molar-refractivity contribution in [2.75, 3.05) is 39.5 Å². The summed E-state index contributed by atoms with van der Waals surface area (Å²) in [6.45, 7) is 6.22. The van der Waals surface area contributed by atoms with E-state index in [-0.39, 0.29) is 0 Å². The molecule has 0 bridgehead atoms. The molecule has 0 aliphatic carbocycles. The molecule has 0 spiro atoms. The number of rotatable bonds is 6. The summed E-state index contributed by atoms with van der Waals surface area (Å²) in [6.07, 6.45) is 3.82. The van der Waals surface area contributed by atoms with Gasteiger partial charge in [-0.1, -0.05) is 18.2 Å². The highest BCUT2D eigenvalue weighted by atomic mass is 15.3. The summed E-state index contributed by atoms with van der Waals surface area (Å²) >= 11 is 0. The number of anilines is 1. The maximum atomic E-state index is 4.81. The Hall–Kier alpha value is -2.60. The van der Waals surface area contributed by atoms with Gasteiger partial charge in [0.25, 0.3) is 0 Å². The molecule has 0 radical (unpaired) electrons. The van der Waals surface area contributed by atoms with Gasteiger partial charge in [-0.2, -0.15) is 5.10 Å². The first kappa shape index (κ1) is 18.2. The largest absolute Gasteiger partial charge is 0.373 e. The van der Waals surface area contributed by atoms with E-state index < -0.39 is 0 Å². The van der Waals surface area contributed by atoms with Crippen LogP contribution in [-0.4, -0.2) is 66.2 Å². The Labute approximate surface area is 155 Å². The van der Waals surface area contributed by atoms with Gasteiger partial charge in [0.05, 0.1) is 17.7 Å². The highest BCUT2D eigenvalue weighted by molar-refractivity contribution is 5.70. The maximum Gasteiger partial charge on any atom is 0.133 e. The first-order valence-corrected chi connectivity index (χ1v) is 8.95. The summed E-state index contributed by atoms with van der Waals surface area (Å²) in [4.78, 5) is 8.97. The van der Waals surface area contributed by atoms with Crippen LogP contribution in [0.25, 0.3) is 11.3 Å². The molecule has 3 rings (SSSR count). The second-order valence-electron chi connectivity index (χ2n) is 6.97. The summed E-state index contributed by atoms with van der Waals surface area (Å²) in [7, 11) is 6.16. The Morgan fingerprint density at radius 3 is 2.58 bits per heavy atom. The second-order valence-corrected chi connectivity index (χ2v) is 6.97. The predicted molar refractivity (Wildman–Crippen MR) is 109 cm³/mol. The number of hydrogen-bond donors (Lipinski definition) is 1. The minimum absolute atomic E-state index is 0.633. The van der Waals surface area contributed by atoms with Gasteiger partial charge in [0, 0.05) is 37.9 Å². The summed E-state index contributed by atoms with van der Waals surface area (Å²) in [5.41, 5.74) is 4.18. The fraction of sp³-hybridized carbons (Fsp3) is 0.400. The molecule has 1 aromatic heterocycles. The summed E-state index contributed by atoms with van der Waals surface area (Å²) in [5, 5.41) is 8.08. The topological polar surface area (TPSA) is 48.7 Å². The fourth-order valence-corrected chi connectivity index (χ4v) is 3.13. The zero-order valence-electron chi connectivity index (χ0n) is 16.3. The number of benzene rings is 1. The molecule has 6 heteroatoms. The predicted octanol–water partition coefficient (Wildman–Crippen LogP) is 2.86. The van der Waals surface area contributed by atoms with Gasteiger partial charge in [0.1, 0.15) is 5.82 Å². The molecule has 0 atom stereocenters. The van der Waals surface area contributed by atoms with Crippen LogP contribution >= 0.6 is 0 Å². The van der Waals surface area contributed by atoms with E-state index in [4.69, 9.17) is 5.10 Å². The van der Waals surface area contributed by atoms with E-state index in [0.717, 1.165) is 41.4 Å². The number of nitrogens with one attached hydrogen (secondary N) is 1. The van der Waals surface area contributed by atoms with E-state index in [1.165, 1.54) is 0 Å². The van der Waals surface area contributed by atoms with Gasteiger partial charge in [-0.25, -0.2) is 9.67 Å². The first-order valence-electron chi connectivity index (χ1n) is 8.95. The Bertz CT molecular complexity index is 797. The monoisotopic (exact) mass is 352 g/mol. The number of likely N-dealkylation sites (tertiary alicyclic amines) is 1. The number of aromatic nitrogens is 2. The summed E-state index contributed by atoms with van der Waals surface area (Å²) in [5.74, 6) is 1.000. The van der Waals surface area contributed by atoms with E-state index in [1.807, 2.05) is 42.5 Å². The van der Waals surface area contributed by atoms with Gasteiger partial charge in [-0.05, 0) is 45.6 Å². The van der Waals surface area contributed by atoms with Crippen molar-refractivity contribution in [3.63, 3.8) is 0 Å². The highest BCUT2D eigenvalue weighted by Gasteiger charge is 2.25. The number of hydrogen-bond acceptors (Lipinski definition) is 4. The third-order valence-corrected chi connectivity index (χ3v) is 4.85. The number of likely N-dealkylation sites (N-methyl/N-ethyl adjacent to an activating group) is 1. The average molecular weight is 352 g/mol. The van der Waals surface area contributed by atoms with Crippen molar-refractivity contribution in [1.29, 1.82) is 0 Å². The molecule has 0 saturated carbocycles. The molecule has 0 unspecified atom stereocenters. The van der Waals surface area contributed by atoms with E-state index in [0.29, 0.717) is 6.04 Å². The fourth-order valence-electron chi connectivity index (χ4n) is 3.13. The van der Waals surface area contributed by atoms with Crippen LogP contribution in [0.3, 0.4) is 0 Å². The van der Waals surface area contributed by atoms with Crippen molar-refractivity contribution < 1.29 is 0 Å². The van der Waals surface area contributed by atoms with E-state index in [9.17, 15) is 0 Å². The lowest BCUT2D eigenvalue weighted by Crippen LogP contribution is -2.56. The van der Waals surface area contributed by atoms with Gasteiger partial charge in [-0.15, -0.1) is 0 Å². The highest BCUT2D eigenvalue weighted by Crippen LogP contribution is 2.27. The number of para-hydroxylation sites is 1.